The van der Waals surface area contributed by atoms with E-state index in [9.17, 15) is 4.79 Å². The number of hydrogen-bond donors (Lipinski definition) is 1. The summed E-state index contributed by atoms with van der Waals surface area (Å²) in [6, 6.07) is 5.35. The van der Waals surface area contributed by atoms with E-state index in [1.165, 1.54) is 6.92 Å². The Hall–Kier alpha value is -1.38. The molecule has 0 aliphatic rings. The van der Waals surface area contributed by atoms with E-state index in [1.807, 2.05) is 19.9 Å². The molecule has 1 rings (SSSR count). The number of nitrogens with zero attached hydrogens (tertiary/aromatic N) is 1. The highest BCUT2D eigenvalue weighted by molar-refractivity contribution is 5.87. The Morgan fingerprint density at radius 1 is 1.50 bits per heavy atom. The Morgan fingerprint density at radius 3 is 2.58 bits per heavy atom. The molecule has 0 spiro atoms. The van der Waals surface area contributed by atoms with Gasteiger partial charge in [-0.3, -0.25) is 4.79 Å². The summed E-state index contributed by atoms with van der Waals surface area (Å²) in [5.41, 5.74) is 0. The number of rotatable bonds is 1. The van der Waals surface area contributed by atoms with Crippen molar-refractivity contribution in [3.8, 4) is 0 Å². The summed E-state index contributed by atoms with van der Waals surface area (Å²) in [6.07, 6.45) is 1.63. The minimum Gasteiger partial charge on any atom is -0.311 e. The predicted octanol–water partition coefficient (Wildman–Crippen LogP) is 2.31. The minimum atomic E-state index is -0.0984. The van der Waals surface area contributed by atoms with Gasteiger partial charge < -0.3 is 5.32 Å². The topological polar surface area (TPSA) is 42.0 Å². The van der Waals surface area contributed by atoms with E-state index in [2.05, 4.69) is 10.3 Å². The van der Waals surface area contributed by atoms with Crippen LogP contribution in [0, 0.1) is 0 Å². The van der Waals surface area contributed by atoms with E-state index >= 15 is 0 Å². The van der Waals surface area contributed by atoms with Crippen LogP contribution in [0.3, 0.4) is 0 Å². The van der Waals surface area contributed by atoms with Crippen molar-refractivity contribution in [1.82, 2.24) is 4.98 Å². The van der Waals surface area contributed by atoms with Gasteiger partial charge in [0.05, 0.1) is 0 Å². The molecule has 1 heterocycles. The van der Waals surface area contributed by atoms with Crippen LogP contribution in [-0.4, -0.2) is 10.9 Å². The summed E-state index contributed by atoms with van der Waals surface area (Å²) in [5, 5.41) is 2.55. The van der Waals surface area contributed by atoms with Crippen molar-refractivity contribution < 1.29 is 6.22 Å². The molecule has 0 unspecified atom stereocenters. The SMILES string of the molecule is CC.CC(=O)Nc1ccccn1.[HH]. The molecule has 0 saturated heterocycles. The van der Waals surface area contributed by atoms with E-state index in [0.717, 1.165) is 0 Å². The van der Waals surface area contributed by atoms with Gasteiger partial charge in [-0.1, -0.05) is 19.9 Å². The fraction of sp³-hybridized carbons (Fsp3) is 0.333. The van der Waals surface area contributed by atoms with E-state index in [-0.39, 0.29) is 7.33 Å². The molecule has 0 fully saturated rings. The number of aromatic nitrogens is 1. The lowest BCUT2D eigenvalue weighted by molar-refractivity contribution is -0.114. The third-order valence-corrected chi connectivity index (χ3v) is 0.969. The van der Waals surface area contributed by atoms with Crippen molar-refractivity contribution in [3.05, 3.63) is 24.4 Å². The Labute approximate surface area is 74.3 Å². The molecule has 0 radical (unpaired) electrons. The van der Waals surface area contributed by atoms with Crippen molar-refractivity contribution in [2.75, 3.05) is 5.32 Å². The van der Waals surface area contributed by atoms with Crippen molar-refractivity contribution in [2.24, 2.45) is 0 Å². The molecule has 68 valence electrons. The van der Waals surface area contributed by atoms with Crippen molar-refractivity contribution in [1.29, 1.82) is 0 Å². The largest absolute Gasteiger partial charge is 0.311 e. The Balaban J connectivity index is 0. The number of amides is 1. The lowest BCUT2D eigenvalue weighted by atomic mass is 10.4. The van der Waals surface area contributed by atoms with Gasteiger partial charge in [0.1, 0.15) is 5.82 Å². The van der Waals surface area contributed by atoms with E-state index in [4.69, 9.17) is 0 Å². The molecule has 1 N–H and O–H groups in total. The molecule has 3 heteroatoms. The number of pyridine rings is 1. The fourth-order valence-corrected chi connectivity index (χ4v) is 0.617. The van der Waals surface area contributed by atoms with Gasteiger partial charge in [0.15, 0.2) is 0 Å². The second-order valence-electron chi connectivity index (χ2n) is 1.90. The van der Waals surface area contributed by atoms with Gasteiger partial charge in [0.2, 0.25) is 5.91 Å². The van der Waals surface area contributed by atoms with Crippen LogP contribution in [0.5, 0.6) is 0 Å². The van der Waals surface area contributed by atoms with Crippen molar-refractivity contribution in [3.63, 3.8) is 0 Å². The van der Waals surface area contributed by atoms with E-state index in [1.54, 1.807) is 18.3 Å². The van der Waals surface area contributed by atoms with Gasteiger partial charge in [0.25, 0.3) is 0 Å². The molecule has 0 bridgehead atoms. The molecule has 1 aromatic rings. The van der Waals surface area contributed by atoms with Crippen LogP contribution in [0.25, 0.3) is 0 Å². The average molecular weight is 168 g/mol. The van der Waals surface area contributed by atoms with Crippen LogP contribution in [0.4, 0.5) is 5.82 Å². The fourth-order valence-electron chi connectivity index (χ4n) is 0.617. The molecule has 3 nitrogen and oxygen atoms in total. The number of carbonyl (C=O) groups is 1. The number of hydrogen-bond acceptors (Lipinski definition) is 2. The molecule has 12 heavy (non-hydrogen) atoms. The molecule has 0 atom stereocenters. The standard InChI is InChI=1S/C7H8N2O.C2H6.H2/c1-6(10)9-7-4-2-3-5-8-7;1-2;/h2-5H,1H3,(H,8,9,10);1-2H3;1H. The highest BCUT2D eigenvalue weighted by atomic mass is 16.1. The van der Waals surface area contributed by atoms with Gasteiger partial charge in [-0.25, -0.2) is 4.98 Å². The Bertz CT molecular complexity index is 226. The second-order valence-corrected chi connectivity index (χ2v) is 1.90. The first kappa shape index (κ1) is 10.6. The second kappa shape index (κ2) is 6.34. The smallest absolute Gasteiger partial charge is 0.222 e. The number of carbonyl (C=O) groups excluding carboxylic acids is 1. The van der Waals surface area contributed by atoms with Crippen LogP contribution in [0.1, 0.15) is 22.2 Å². The van der Waals surface area contributed by atoms with Crippen molar-refractivity contribution in [2.45, 2.75) is 20.8 Å². The van der Waals surface area contributed by atoms with Crippen molar-refractivity contribution >= 4 is 11.7 Å². The first-order valence-electron chi connectivity index (χ1n) is 3.97. The van der Waals surface area contributed by atoms with Crippen LogP contribution in [-0.2, 0) is 4.79 Å². The maximum Gasteiger partial charge on any atom is 0.222 e. The van der Waals surface area contributed by atoms with Gasteiger partial charge in [-0.05, 0) is 12.1 Å². The van der Waals surface area contributed by atoms with Gasteiger partial charge in [0, 0.05) is 14.5 Å². The molecule has 1 amide bonds. The average Bonchev–Trinajstić information content (AvgIpc) is 2.08. The van der Waals surface area contributed by atoms with Crippen LogP contribution >= 0.6 is 0 Å². The molecule has 0 aromatic carbocycles. The summed E-state index contributed by atoms with van der Waals surface area (Å²) >= 11 is 0. The van der Waals surface area contributed by atoms with E-state index < -0.39 is 0 Å². The summed E-state index contributed by atoms with van der Waals surface area (Å²) in [7, 11) is 0. The van der Waals surface area contributed by atoms with Crippen LogP contribution < -0.4 is 5.32 Å². The Morgan fingerprint density at radius 2 is 2.17 bits per heavy atom. The lowest BCUT2D eigenvalue weighted by Gasteiger charge is -1.96. The van der Waals surface area contributed by atoms with Gasteiger partial charge in [-0.2, -0.15) is 0 Å². The summed E-state index contributed by atoms with van der Waals surface area (Å²) in [6.45, 7) is 5.45. The normalized spacial score (nSPS) is 7.92. The minimum absolute atomic E-state index is 0. The summed E-state index contributed by atoms with van der Waals surface area (Å²) < 4.78 is 0. The first-order valence-corrected chi connectivity index (χ1v) is 3.97. The summed E-state index contributed by atoms with van der Waals surface area (Å²) in [5.74, 6) is 0.494. The molecule has 0 aliphatic heterocycles. The molecule has 0 aliphatic carbocycles. The monoisotopic (exact) mass is 168 g/mol. The third kappa shape index (κ3) is 4.44. The number of nitrogens with one attached hydrogen (secondary N) is 1. The molecule has 1 aromatic heterocycles. The zero-order valence-electron chi connectivity index (χ0n) is 7.66. The zero-order chi connectivity index (χ0) is 9.40. The van der Waals surface area contributed by atoms with Gasteiger partial charge >= 0.3 is 0 Å². The summed E-state index contributed by atoms with van der Waals surface area (Å²) in [4.78, 5) is 14.3. The predicted molar refractivity (Wildman–Crippen MR) is 52.0 cm³/mol. The number of anilines is 1. The highest BCUT2D eigenvalue weighted by Crippen LogP contribution is 1.97. The molecular weight excluding hydrogens is 152 g/mol. The lowest BCUT2D eigenvalue weighted by Crippen LogP contribution is -2.06. The molecular formula is C9H16N2O. The maximum absolute atomic E-state index is 10.5. The zero-order valence-corrected chi connectivity index (χ0v) is 7.66. The highest BCUT2D eigenvalue weighted by Gasteiger charge is 1.91. The third-order valence-electron chi connectivity index (χ3n) is 0.969. The van der Waals surface area contributed by atoms with Gasteiger partial charge in [-0.15, -0.1) is 0 Å². The quantitative estimate of drug-likeness (QED) is 0.699. The Kier molecular flexibility index (Phi) is 5.61. The van der Waals surface area contributed by atoms with Crippen LogP contribution in [0.2, 0.25) is 0 Å². The first-order chi connectivity index (χ1) is 5.79. The maximum atomic E-state index is 10.5. The van der Waals surface area contributed by atoms with E-state index in [0.29, 0.717) is 5.82 Å². The molecule has 0 saturated carbocycles. The van der Waals surface area contributed by atoms with Crippen LogP contribution in [0.15, 0.2) is 24.4 Å².